The van der Waals surface area contributed by atoms with Gasteiger partial charge in [-0.05, 0) is 19.1 Å². The summed E-state index contributed by atoms with van der Waals surface area (Å²) in [4.78, 5) is 15.3. The third-order valence-corrected chi connectivity index (χ3v) is 3.47. The molecule has 1 heterocycles. The highest BCUT2D eigenvalue weighted by molar-refractivity contribution is 6.03. The van der Waals surface area contributed by atoms with Crippen molar-refractivity contribution in [1.29, 1.82) is 5.26 Å². The van der Waals surface area contributed by atoms with Crippen LogP contribution in [0.2, 0.25) is 0 Å². The van der Waals surface area contributed by atoms with Crippen LogP contribution in [0.3, 0.4) is 0 Å². The number of carbonyl (C=O) groups is 1. The van der Waals surface area contributed by atoms with Gasteiger partial charge < -0.3 is 14.9 Å². The molecule has 0 saturated heterocycles. The minimum Gasteiger partial charge on any atom is -0.378 e. The highest BCUT2D eigenvalue weighted by atomic mass is 16.3. The number of nitrogens with zero attached hydrogens (tertiary/aromatic N) is 3. The van der Waals surface area contributed by atoms with Gasteiger partial charge in [-0.1, -0.05) is 6.07 Å². The maximum absolute atomic E-state index is 11.7. The number of hydrogen-bond acceptors (Lipinski definition) is 4. The number of nitriles is 1. The van der Waals surface area contributed by atoms with Crippen LogP contribution in [0, 0.1) is 11.3 Å². The van der Waals surface area contributed by atoms with E-state index in [1.54, 1.807) is 13.1 Å². The van der Waals surface area contributed by atoms with Crippen LogP contribution in [-0.2, 0) is 4.79 Å². The molecule has 5 heteroatoms. The predicted molar refractivity (Wildman–Crippen MR) is 72.9 cm³/mol. The fourth-order valence-corrected chi connectivity index (χ4v) is 2.34. The number of anilines is 2. The normalized spacial score (nSPS) is 17.3. The van der Waals surface area contributed by atoms with E-state index in [-0.39, 0.29) is 5.91 Å². The first-order valence-electron chi connectivity index (χ1n) is 6.31. The molecule has 0 aromatic heterocycles. The fourth-order valence-electron chi connectivity index (χ4n) is 2.34. The monoisotopic (exact) mass is 259 g/mol. The third-order valence-electron chi connectivity index (χ3n) is 3.47. The van der Waals surface area contributed by atoms with E-state index in [4.69, 9.17) is 5.26 Å². The number of amides is 1. The first-order valence-corrected chi connectivity index (χ1v) is 6.31. The molecule has 1 amide bonds. The lowest BCUT2D eigenvalue weighted by atomic mass is 10.1. The molecular weight excluding hydrogens is 242 g/mol. The minimum atomic E-state index is -1.05. The Morgan fingerprint density at radius 2 is 2.26 bits per heavy atom. The van der Waals surface area contributed by atoms with Crippen molar-refractivity contribution >= 4 is 17.3 Å². The minimum absolute atomic E-state index is 0.299. The Kier molecular flexibility index (Phi) is 3.72. The number of rotatable bonds is 4. The van der Waals surface area contributed by atoms with E-state index in [1.165, 1.54) is 4.90 Å². The van der Waals surface area contributed by atoms with Crippen LogP contribution in [0.4, 0.5) is 11.4 Å². The molecule has 0 aliphatic carbocycles. The topological polar surface area (TPSA) is 67.6 Å². The van der Waals surface area contributed by atoms with Crippen LogP contribution in [0.5, 0.6) is 0 Å². The van der Waals surface area contributed by atoms with Gasteiger partial charge in [-0.3, -0.25) is 4.79 Å². The number of likely N-dealkylation sites (N-methyl/N-ethyl adjacent to an activating group) is 1. The van der Waals surface area contributed by atoms with Gasteiger partial charge in [-0.15, -0.1) is 0 Å². The van der Waals surface area contributed by atoms with E-state index in [1.807, 2.05) is 19.1 Å². The first-order chi connectivity index (χ1) is 9.10. The van der Waals surface area contributed by atoms with Crippen molar-refractivity contribution in [2.45, 2.75) is 19.4 Å². The van der Waals surface area contributed by atoms with Gasteiger partial charge in [0.15, 0.2) is 6.10 Å². The fraction of sp³-hybridized carbons (Fsp3) is 0.429. The van der Waals surface area contributed by atoms with Crippen molar-refractivity contribution in [3.8, 4) is 6.07 Å². The molecule has 1 aromatic rings. The SMILES string of the molecule is CCN(CCC#N)c1ccc2c(c1)N(C)C(=O)C2O. The molecule has 1 atom stereocenters. The Bertz CT molecular complexity index is 536. The van der Waals surface area contributed by atoms with Crippen molar-refractivity contribution in [2.75, 3.05) is 29.9 Å². The van der Waals surface area contributed by atoms with Gasteiger partial charge in [0, 0.05) is 31.4 Å². The quantitative estimate of drug-likeness (QED) is 0.888. The van der Waals surface area contributed by atoms with Gasteiger partial charge in [0.05, 0.1) is 18.2 Å². The van der Waals surface area contributed by atoms with E-state index >= 15 is 0 Å². The molecule has 1 aliphatic rings. The molecular formula is C14H17N3O2. The molecule has 0 fully saturated rings. The van der Waals surface area contributed by atoms with Crippen LogP contribution >= 0.6 is 0 Å². The number of benzene rings is 1. The van der Waals surface area contributed by atoms with Crippen molar-refractivity contribution in [3.63, 3.8) is 0 Å². The number of aliphatic hydroxyl groups excluding tert-OH is 1. The summed E-state index contributed by atoms with van der Waals surface area (Å²) in [6.45, 7) is 3.47. The second kappa shape index (κ2) is 5.29. The van der Waals surface area contributed by atoms with Gasteiger partial charge in [-0.25, -0.2) is 0 Å². The molecule has 1 N–H and O–H groups in total. The lowest BCUT2D eigenvalue weighted by Gasteiger charge is -2.23. The zero-order valence-corrected chi connectivity index (χ0v) is 11.1. The van der Waals surface area contributed by atoms with Gasteiger partial charge >= 0.3 is 0 Å². The standard InChI is InChI=1S/C14H17N3O2/c1-3-17(8-4-7-15)10-5-6-11-12(9-10)16(2)14(19)13(11)18/h5-6,9,13,18H,3-4,8H2,1-2H3. The van der Waals surface area contributed by atoms with Crippen LogP contribution in [0.1, 0.15) is 25.0 Å². The van der Waals surface area contributed by atoms with Gasteiger partial charge in [0.25, 0.3) is 5.91 Å². The number of aliphatic hydroxyl groups is 1. The zero-order chi connectivity index (χ0) is 14.0. The molecule has 1 unspecified atom stereocenters. The molecule has 19 heavy (non-hydrogen) atoms. The molecule has 5 nitrogen and oxygen atoms in total. The molecule has 0 saturated carbocycles. The van der Waals surface area contributed by atoms with E-state index in [2.05, 4.69) is 11.0 Å². The summed E-state index contributed by atoms with van der Waals surface area (Å²) in [6.07, 6.45) is -0.592. The molecule has 0 radical (unpaired) electrons. The second-order valence-corrected chi connectivity index (χ2v) is 4.53. The number of carbonyl (C=O) groups excluding carboxylic acids is 1. The van der Waals surface area contributed by atoms with Crippen molar-refractivity contribution in [3.05, 3.63) is 23.8 Å². The van der Waals surface area contributed by atoms with Gasteiger partial charge in [0.1, 0.15) is 0 Å². The van der Waals surface area contributed by atoms with Crippen LogP contribution in [0.15, 0.2) is 18.2 Å². The second-order valence-electron chi connectivity index (χ2n) is 4.53. The lowest BCUT2D eigenvalue weighted by molar-refractivity contribution is -0.125. The predicted octanol–water partition coefficient (Wildman–Crippen LogP) is 1.44. The number of fused-ring (bicyclic) bond motifs is 1. The van der Waals surface area contributed by atoms with E-state index < -0.39 is 6.10 Å². The van der Waals surface area contributed by atoms with Crippen molar-refractivity contribution < 1.29 is 9.90 Å². The maximum Gasteiger partial charge on any atom is 0.260 e. The molecule has 1 aliphatic heterocycles. The maximum atomic E-state index is 11.7. The average Bonchev–Trinajstić information content (AvgIpc) is 2.65. The highest BCUT2D eigenvalue weighted by Gasteiger charge is 2.33. The average molecular weight is 259 g/mol. The third kappa shape index (κ3) is 2.27. The van der Waals surface area contributed by atoms with Gasteiger partial charge in [0.2, 0.25) is 0 Å². The zero-order valence-electron chi connectivity index (χ0n) is 11.1. The van der Waals surface area contributed by atoms with Crippen molar-refractivity contribution in [1.82, 2.24) is 0 Å². The Hall–Kier alpha value is -2.06. The summed E-state index contributed by atoms with van der Waals surface area (Å²) in [5.74, 6) is -0.299. The summed E-state index contributed by atoms with van der Waals surface area (Å²) in [6, 6.07) is 7.69. The van der Waals surface area contributed by atoms with E-state index in [0.29, 0.717) is 18.5 Å². The Morgan fingerprint density at radius 1 is 1.53 bits per heavy atom. The Labute approximate surface area is 112 Å². The Balaban J connectivity index is 2.32. The molecule has 100 valence electrons. The molecule has 0 spiro atoms. The van der Waals surface area contributed by atoms with Crippen LogP contribution < -0.4 is 9.80 Å². The Morgan fingerprint density at radius 3 is 2.89 bits per heavy atom. The number of hydrogen-bond donors (Lipinski definition) is 1. The summed E-state index contributed by atoms with van der Waals surface area (Å²) in [5.41, 5.74) is 2.35. The summed E-state index contributed by atoms with van der Waals surface area (Å²) >= 11 is 0. The molecule has 0 bridgehead atoms. The molecule has 1 aromatic carbocycles. The highest BCUT2D eigenvalue weighted by Crippen LogP contribution is 2.37. The van der Waals surface area contributed by atoms with Crippen LogP contribution in [-0.4, -0.2) is 31.2 Å². The summed E-state index contributed by atoms with van der Waals surface area (Å²) < 4.78 is 0. The smallest absolute Gasteiger partial charge is 0.260 e. The van der Waals surface area contributed by atoms with Crippen LogP contribution in [0.25, 0.3) is 0 Å². The largest absolute Gasteiger partial charge is 0.378 e. The summed E-state index contributed by atoms with van der Waals surface area (Å²) in [7, 11) is 1.66. The first kappa shape index (κ1) is 13.4. The van der Waals surface area contributed by atoms with E-state index in [0.717, 1.165) is 17.9 Å². The van der Waals surface area contributed by atoms with Gasteiger partial charge in [-0.2, -0.15) is 5.26 Å². The van der Waals surface area contributed by atoms with E-state index in [9.17, 15) is 9.90 Å². The summed E-state index contributed by atoms with van der Waals surface area (Å²) in [5, 5.41) is 18.5. The molecule has 2 rings (SSSR count). The lowest BCUT2D eigenvalue weighted by Crippen LogP contribution is -2.25. The van der Waals surface area contributed by atoms with Crippen molar-refractivity contribution in [2.24, 2.45) is 0 Å².